The van der Waals surface area contributed by atoms with Gasteiger partial charge in [-0.1, -0.05) is 51.4 Å². The molecule has 0 spiro atoms. The first-order valence-electron chi connectivity index (χ1n) is 8.58. The number of aliphatic hydroxyl groups is 1. The van der Waals surface area contributed by atoms with E-state index in [0.29, 0.717) is 31.0 Å². The summed E-state index contributed by atoms with van der Waals surface area (Å²) >= 11 is 5.96. The second-order valence-corrected chi connectivity index (χ2v) is 8.36. The Hall–Kier alpha value is -1.10. The van der Waals surface area contributed by atoms with E-state index < -0.39 is 11.0 Å². The van der Waals surface area contributed by atoms with Crippen molar-refractivity contribution in [3.8, 4) is 0 Å². The first-order valence-corrected chi connectivity index (χ1v) is 8.96. The van der Waals surface area contributed by atoms with Crippen molar-refractivity contribution in [2.24, 2.45) is 17.1 Å². The van der Waals surface area contributed by atoms with E-state index in [4.69, 9.17) is 17.3 Å². The highest BCUT2D eigenvalue weighted by Gasteiger charge is 2.49. The molecule has 0 radical (unpaired) electrons. The Morgan fingerprint density at radius 3 is 2.42 bits per heavy atom. The first-order chi connectivity index (χ1) is 11.1. The van der Waals surface area contributed by atoms with Crippen LogP contribution < -0.4 is 5.73 Å². The van der Waals surface area contributed by atoms with Crippen LogP contribution in [0.2, 0.25) is 5.02 Å². The number of nitrogens with two attached hydrogens (primary N) is 1. The second kappa shape index (κ2) is 7.03. The molecule has 1 aromatic rings. The van der Waals surface area contributed by atoms with E-state index in [1.165, 1.54) is 0 Å². The van der Waals surface area contributed by atoms with Gasteiger partial charge in [-0.2, -0.15) is 0 Å². The van der Waals surface area contributed by atoms with Crippen LogP contribution >= 0.6 is 11.6 Å². The van der Waals surface area contributed by atoms with Crippen molar-refractivity contribution in [3.63, 3.8) is 0 Å². The Morgan fingerprint density at radius 2 is 1.92 bits per heavy atom. The molecule has 134 valence electrons. The number of hydrogen-bond acceptors (Lipinski definition) is 3. The molecule has 2 rings (SSSR count). The molecule has 1 heterocycles. The summed E-state index contributed by atoms with van der Waals surface area (Å²) in [5.41, 5.74) is 5.45. The highest BCUT2D eigenvalue weighted by Crippen LogP contribution is 2.46. The zero-order valence-corrected chi connectivity index (χ0v) is 15.8. The average molecular weight is 353 g/mol. The molecular weight excluding hydrogens is 324 g/mol. The smallest absolute Gasteiger partial charge is 0.224 e. The Kier molecular flexibility index (Phi) is 5.63. The third-order valence-electron chi connectivity index (χ3n) is 5.39. The number of halogens is 1. The van der Waals surface area contributed by atoms with Gasteiger partial charge < -0.3 is 15.7 Å². The highest BCUT2D eigenvalue weighted by molar-refractivity contribution is 6.30. The maximum Gasteiger partial charge on any atom is 0.224 e. The molecule has 2 atom stereocenters. The van der Waals surface area contributed by atoms with Gasteiger partial charge in [0.25, 0.3) is 0 Å². The number of amides is 1. The number of carbonyl (C=O) groups is 1. The Balaban J connectivity index is 2.14. The van der Waals surface area contributed by atoms with E-state index in [0.717, 1.165) is 5.56 Å². The number of benzene rings is 1. The van der Waals surface area contributed by atoms with Gasteiger partial charge in [-0.3, -0.25) is 4.79 Å². The summed E-state index contributed by atoms with van der Waals surface area (Å²) in [5.74, 6) is 0.347. The van der Waals surface area contributed by atoms with Crippen molar-refractivity contribution in [1.29, 1.82) is 0 Å². The zero-order valence-electron chi connectivity index (χ0n) is 15.1. The van der Waals surface area contributed by atoms with Gasteiger partial charge in [-0.05, 0) is 30.0 Å². The number of piperidine rings is 1. The van der Waals surface area contributed by atoms with Gasteiger partial charge in [0, 0.05) is 36.0 Å². The number of carbonyl (C=O) groups excluding carboxylic acids is 1. The summed E-state index contributed by atoms with van der Waals surface area (Å²) in [6, 6.07) is 7.21. The molecule has 1 amide bonds. The molecule has 1 saturated heterocycles. The first kappa shape index (κ1) is 19.2. The average Bonchev–Trinajstić information content (AvgIpc) is 2.50. The Labute approximate surface area is 150 Å². The molecule has 0 saturated carbocycles. The summed E-state index contributed by atoms with van der Waals surface area (Å²) < 4.78 is 0. The minimum absolute atomic E-state index is 0.0717. The highest BCUT2D eigenvalue weighted by atomic mass is 35.5. The molecule has 1 aliphatic heterocycles. The van der Waals surface area contributed by atoms with Crippen molar-refractivity contribution >= 4 is 17.5 Å². The number of nitrogens with zero attached hydrogens (tertiary/aromatic N) is 1. The normalized spacial score (nSPS) is 24.9. The van der Waals surface area contributed by atoms with Gasteiger partial charge in [-0.15, -0.1) is 0 Å². The van der Waals surface area contributed by atoms with Crippen molar-refractivity contribution in [2.45, 2.75) is 52.2 Å². The molecule has 0 bridgehead atoms. The molecule has 1 fully saturated rings. The molecule has 5 heteroatoms. The lowest BCUT2D eigenvalue weighted by Crippen LogP contribution is -2.57. The molecule has 4 nitrogen and oxygen atoms in total. The fourth-order valence-corrected chi connectivity index (χ4v) is 3.49. The van der Waals surface area contributed by atoms with Gasteiger partial charge in [-0.25, -0.2) is 0 Å². The van der Waals surface area contributed by atoms with E-state index in [1.54, 1.807) is 12.1 Å². The van der Waals surface area contributed by atoms with E-state index >= 15 is 0 Å². The lowest BCUT2D eigenvalue weighted by Gasteiger charge is -2.50. The van der Waals surface area contributed by atoms with Crippen LogP contribution in [0.15, 0.2) is 24.3 Å². The maximum absolute atomic E-state index is 12.5. The predicted molar refractivity (Wildman–Crippen MR) is 97.8 cm³/mol. The van der Waals surface area contributed by atoms with E-state index in [2.05, 4.69) is 0 Å². The van der Waals surface area contributed by atoms with E-state index in [1.807, 2.05) is 44.7 Å². The molecule has 0 aromatic heterocycles. The van der Waals surface area contributed by atoms with Crippen LogP contribution in [-0.2, 0) is 10.4 Å². The van der Waals surface area contributed by atoms with Crippen molar-refractivity contribution in [1.82, 2.24) is 4.90 Å². The van der Waals surface area contributed by atoms with Crippen LogP contribution in [0.1, 0.15) is 46.1 Å². The fraction of sp³-hybridized carbons (Fsp3) is 0.632. The van der Waals surface area contributed by atoms with Crippen molar-refractivity contribution < 1.29 is 9.90 Å². The van der Waals surface area contributed by atoms with Gasteiger partial charge in [0.2, 0.25) is 5.91 Å². The zero-order chi connectivity index (χ0) is 18.1. The van der Waals surface area contributed by atoms with Gasteiger partial charge in [0.15, 0.2) is 0 Å². The van der Waals surface area contributed by atoms with Crippen LogP contribution in [0.4, 0.5) is 0 Å². The number of hydrogen-bond donors (Lipinski definition) is 2. The predicted octanol–water partition coefficient (Wildman–Crippen LogP) is 3.16. The van der Waals surface area contributed by atoms with Gasteiger partial charge >= 0.3 is 0 Å². The summed E-state index contributed by atoms with van der Waals surface area (Å²) in [5, 5.41) is 12.0. The van der Waals surface area contributed by atoms with Crippen LogP contribution in [-0.4, -0.2) is 35.0 Å². The monoisotopic (exact) mass is 352 g/mol. The number of likely N-dealkylation sites (tertiary alicyclic amines) is 1. The fourth-order valence-electron chi connectivity index (χ4n) is 3.36. The van der Waals surface area contributed by atoms with Crippen LogP contribution in [0, 0.1) is 11.3 Å². The van der Waals surface area contributed by atoms with Gasteiger partial charge in [0.1, 0.15) is 0 Å². The minimum Gasteiger partial charge on any atom is -0.384 e. The van der Waals surface area contributed by atoms with Crippen molar-refractivity contribution in [2.75, 3.05) is 13.1 Å². The minimum atomic E-state index is -0.978. The standard InChI is InChI=1S/C19H29ClN2O2/c1-13(2)16(21)11-17(23)22-10-9-19(24,18(3,4)12-22)14-5-7-15(20)8-6-14/h5-8,13,16,24H,9-12,21H2,1-4H3. The summed E-state index contributed by atoms with van der Waals surface area (Å²) in [6.45, 7) is 9.10. The van der Waals surface area contributed by atoms with Crippen LogP contribution in [0.5, 0.6) is 0 Å². The topological polar surface area (TPSA) is 66.6 Å². The Bertz CT molecular complexity index is 586. The largest absolute Gasteiger partial charge is 0.384 e. The lowest BCUT2D eigenvalue weighted by atomic mass is 9.66. The maximum atomic E-state index is 12.5. The molecule has 3 N–H and O–H groups in total. The Morgan fingerprint density at radius 1 is 1.33 bits per heavy atom. The van der Waals surface area contributed by atoms with E-state index in [-0.39, 0.29) is 17.9 Å². The van der Waals surface area contributed by atoms with E-state index in [9.17, 15) is 9.90 Å². The third-order valence-corrected chi connectivity index (χ3v) is 5.64. The lowest BCUT2D eigenvalue weighted by molar-refractivity contribution is -0.153. The summed E-state index contributed by atoms with van der Waals surface area (Å²) in [7, 11) is 0. The van der Waals surface area contributed by atoms with Crippen molar-refractivity contribution in [3.05, 3.63) is 34.9 Å². The molecular formula is C19H29ClN2O2. The summed E-state index contributed by atoms with van der Waals surface area (Å²) in [6.07, 6.45) is 0.859. The van der Waals surface area contributed by atoms with Gasteiger partial charge in [0.05, 0.1) is 5.60 Å². The van der Waals surface area contributed by atoms with Crippen LogP contribution in [0.25, 0.3) is 0 Å². The third kappa shape index (κ3) is 3.76. The molecule has 24 heavy (non-hydrogen) atoms. The number of rotatable bonds is 4. The molecule has 1 aliphatic rings. The quantitative estimate of drug-likeness (QED) is 0.874. The van der Waals surface area contributed by atoms with Crippen LogP contribution in [0.3, 0.4) is 0 Å². The summed E-state index contributed by atoms with van der Waals surface area (Å²) in [4.78, 5) is 14.4. The molecule has 1 aromatic carbocycles. The second-order valence-electron chi connectivity index (χ2n) is 7.93. The SMILES string of the molecule is CC(C)C(N)CC(=O)N1CCC(O)(c2ccc(Cl)cc2)C(C)(C)C1. The molecule has 0 aliphatic carbocycles. The molecule has 2 unspecified atom stereocenters.